The number of anilines is 1. The van der Waals surface area contributed by atoms with Crippen LogP contribution in [0.15, 0.2) is 53.4 Å². The van der Waals surface area contributed by atoms with E-state index < -0.39 is 9.84 Å². The molecule has 2 aromatic carbocycles. The number of carbonyl (C=O) groups excluding carboxylic acids is 1. The van der Waals surface area contributed by atoms with Crippen molar-refractivity contribution in [1.29, 1.82) is 0 Å². The maximum atomic E-state index is 12.4. The first-order chi connectivity index (χ1) is 13.3. The van der Waals surface area contributed by atoms with E-state index in [-0.39, 0.29) is 23.5 Å². The minimum absolute atomic E-state index is 0.168. The van der Waals surface area contributed by atoms with Crippen molar-refractivity contribution in [3.8, 4) is 11.5 Å². The van der Waals surface area contributed by atoms with E-state index in [0.717, 1.165) is 12.0 Å². The number of para-hydroxylation sites is 2. The number of benzene rings is 2. The molecule has 1 aliphatic heterocycles. The van der Waals surface area contributed by atoms with Crippen molar-refractivity contribution in [3.05, 3.63) is 48.5 Å². The normalized spacial score (nSPS) is 16.0. The van der Waals surface area contributed by atoms with Crippen LogP contribution < -0.4 is 14.8 Å². The van der Waals surface area contributed by atoms with Gasteiger partial charge < -0.3 is 14.8 Å². The fourth-order valence-electron chi connectivity index (χ4n) is 2.95. The van der Waals surface area contributed by atoms with Crippen molar-refractivity contribution in [1.82, 2.24) is 4.90 Å². The second-order valence-electron chi connectivity index (χ2n) is 6.67. The van der Waals surface area contributed by atoms with Crippen molar-refractivity contribution in [2.24, 2.45) is 0 Å². The third-order valence-corrected chi connectivity index (χ3v) is 5.50. The first-order valence-electron chi connectivity index (χ1n) is 9.06. The fourth-order valence-corrected chi connectivity index (χ4v) is 3.62. The van der Waals surface area contributed by atoms with E-state index in [1.807, 2.05) is 36.1 Å². The minimum atomic E-state index is -3.32. The number of hydrogen-bond donors (Lipinski definition) is 1. The lowest BCUT2D eigenvalue weighted by molar-refractivity contribution is -0.117. The van der Waals surface area contributed by atoms with Crippen molar-refractivity contribution in [2.45, 2.75) is 17.9 Å². The highest BCUT2D eigenvalue weighted by Gasteiger charge is 2.23. The molecule has 8 heteroatoms. The molecule has 0 aliphatic carbocycles. The molecule has 0 radical (unpaired) electrons. The van der Waals surface area contributed by atoms with Gasteiger partial charge in [-0.2, -0.15) is 0 Å². The number of rotatable bonds is 7. The summed E-state index contributed by atoms with van der Waals surface area (Å²) in [4.78, 5) is 14.5. The van der Waals surface area contributed by atoms with Crippen molar-refractivity contribution in [2.75, 3.05) is 37.8 Å². The molecule has 1 aliphatic rings. The molecule has 1 heterocycles. The Balaban J connectivity index is 1.57. The van der Waals surface area contributed by atoms with Gasteiger partial charge in [0, 0.05) is 18.5 Å². The number of nitrogens with zero attached hydrogens (tertiary/aromatic N) is 1. The fraction of sp³-hybridized carbons (Fsp3) is 0.350. The van der Waals surface area contributed by atoms with Crippen LogP contribution in [-0.2, 0) is 14.6 Å². The van der Waals surface area contributed by atoms with E-state index in [9.17, 15) is 13.2 Å². The van der Waals surface area contributed by atoms with Crippen LogP contribution in [0.4, 0.5) is 5.69 Å². The maximum Gasteiger partial charge on any atom is 0.238 e. The maximum absolute atomic E-state index is 12.4. The molecule has 28 heavy (non-hydrogen) atoms. The number of amides is 1. The lowest BCUT2D eigenvalue weighted by Gasteiger charge is -2.30. The van der Waals surface area contributed by atoms with Crippen LogP contribution in [0.2, 0.25) is 0 Å². The number of nitrogens with one attached hydrogen (secondary N) is 1. The third kappa shape index (κ3) is 5.24. The zero-order chi connectivity index (χ0) is 20.1. The van der Waals surface area contributed by atoms with E-state index >= 15 is 0 Å². The van der Waals surface area contributed by atoms with Crippen LogP contribution in [0.5, 0.6) is 11.5 Å². The van der Waals surface area contributed by atoms with Crippen LogP contribution in [0, 0.1) is 0 Å². The molecular formula is C20H24N2O5S. The smallest absolute Gasteiger partial charge is 0.238 e. The van der Waals surface area contributed by atoms with Gasteiger partial charge in [0.05, 0.1) is 11.4 Å². The highest BCUT2D eigenvalue weighted by molar-refractivity contribution is 7.90. The summed E-state index contributed by atoms with van der Waals surface area (Å²) in [6.45, 7) is 3.77. The highest BCUT2D eigenvalue weighted by atomic mass is 32.2. The Hall–Kier alpha value is -2.58. The average Bonchev–Trinajstić information content (AvgIpc) is 2.67. The molecule has 1 atom stereocenters. The van der Waals surface area contributed by atoms with Crippen LogP contribution in [0.25, 0.3) is 0 Å². The summed E-state index contributed by atoms with van der Waals surface area (Å²) in [5.74, 6) is 1.21. The largest absolute Gasteiger partial charge is 0.486 e. The van der Waals surface area contributed by atoms with Crippen molar-refractivity contribution in [3.63, 3.8) is 0 Å². The van der Waals surface area contributed by atoms with E-state index in [4.69, 9.17) is 9.47 Å². The zero-order valence-corrected chi connectivity index (χ0v) is 16.7. The van der Waals surface area contributed by atoms with Gasteiger partial charge in [-0.1, -0.05) is 25.1 Å². The molecule has 2 aromatic rings. The molecule has 3 rings (SSSR count). The Kier molecular flexibility index (Phi) is 6.21. The SMILES string of the molecule is CCN(CC(=O)Nc1cccc(S(C)(=O)=O)c1)CC1COc2ccccc2O1. The number of carbonyl (C=O) groups is 1. The Morgan fingerprint density at radius 1 is 1.18 bits per heavy atom. The van der Waals surface area contributed by atoms with E-state index in [2.05, 4.69) is 5.32 Å². The molecule has 150 valence electrons. The molecule has 1 N–H and O–H groups in total. The van der Waals surface area contributed by atoms with Crippen molar-refractivity contribution >= 4 is 21.4 Å². The van der Waals surface area contributed by atoms with Crippen LogP contribution >= 0.6 is 0 Å². The molecule has 1 amide bonds. The van der Waals surface area contributed by atoms with Gasteiger partial charge in [-0.05, 0) is 36.9 Å². The molecule has 0 fully saturated rings. The third-order valence-electron chi connectivity index (χ3n) is 4.39. The second-order valence-corrected chi connectivity index (χ2v) is 8.69. The molecule has 0 saturated heterocycles. The first-order valence-corrected chi connectivity index (χ1v) is 10.9. The number of sulfone groups is 1. The molecular weight excluding hydrogens is 380 g/mol. The first kappa shape index (κ1) is 20.2. The lowest BCUT2D eigenvalue weighted by Crippen LogP contribution is -2.43. The van der Waals surface area contributed by atoms with Gasteiger partial charge in [-0.15, -0.1) is 0 Å². The van der Waals surface area contributed by atoms with E-state index in [1.165, 1.54) is 12.1 Å². The Morgan fingerprint density at radius 3 is 2.64 bits per heavy atom. The summed E-state index contributed by atoms with van der Waals surface area (Å²) in [6.07, 6.45) is 0.966. The Labute approximate surface area is 165 Å². The average molecular weight is 404 g/mol. The molecule has 0 saturated carbocycles. The van der Waals surface area contributed by atoms with E-state index in [1.54, 1.807) is 12.1 Å². The highest BCUT2D eigenvalue weighted by Crippen LogP contribution is 2.31. The van der Waals surface area contributed by atoms with E-state index in [0.29, 0.717) is 31.1 Å². The summed E-state index contributed by atoms with van der Waals surface area (Å²) >= 11 is 0. The predicted molar refractivity (Wildman–Crippen MR) is 107 cm³/mol. The van der Waals surface area contributed by atoms with Crippen molar-refractivity contribution < 1.29 is 22.7 Å². The van der Waals surface area contributed by atoms with Gasteiger partial charge >= 0.3 is 0 Å². The molecule has 1 unspecified atom stereocenters. The number of fused-ring (bicyclic) bond motifs is 1. The monoisotopic (exact) mass is 404 g/mol. The van der Waals surface area contributed by atoms with Gasteiger partial charge in [0.2, 0.25) is 5.91 Å². The zero-order valence-electron chi connectivity index (χ0n) is 15.9. The number of hydrogen-bond acceptors (Lipinski definition) is 6. The van der Waals surface area contributed by atoms with Crippen LogP contribution in [0.1, 0.15) is 6.92 Å². The molecule has 0 aromatic heterocycles. The molecule has 0 bridgehead atoms. The summed E-state index contributed by atoms with van der Waals surface area (Å²) in [7, 11) is -3.32. The summed E-state index contributed by atoms with van der Waals surface area (Å²) in [6, 6.07) is 13.7. The molecule has 7 nitrogen and oxygen atoms in total. The summed E-state index contributed by atoms with van der Waals surface area (Å²) in [5.41, 5.74) is 0.454. The van der Waals surface area contributed by atoms with Gasteiger partial charge in [0.15, 0.2) is 21.3 Å². The van der Waals surface area contributed by atoms with Gasteiger partial charge in [0.25, 0.3) is 0 Å². The topological polar surface area (TPSA) is 84.9 Å². The van der Waals surface area contributed by atoms with Gasteiger partial charge in [-0.3, -0.25) is 9.69 Å². The minimum Gasteiger partial charge on any atom is -0.486 e. The van der Waals surface area contributed by atoms with Crippen LogP contribution in [-0.4, -0.2) is 57.8 Å². The Bertz CT molecular complexity index is 945. The number of likely N-dealkylation sites (N-methyl/N-ethyl adjacent to an activating group) is 1. The predicted octanol–water partition coefficient (Wildman–Crippen LogP) is 2.19. The Morgan fingerprint density at radius 2 is 1.93 bits per heavy atom. The quantitative estimate of drug-likeness (QED) is 0.762. The van der Waals surface area contributed by atoms with Gasteiger partial charge in [-0.25, -0.2) is 8.42 Å². The summed E-state index contributed by atoms with van der Waals surface area (Å²) < 4.78 is 35.0. The lowest BCUT2D eigenvalue weighted by atomic mass is 10.2. The molecule has 0 spiro atoms. The standard InChI is InChI=1S/C20H24N2O5S/c1-3-22(12-16-14-26-18-9-4-5-10-19(18)27-16)13-20(23)21-15-7-6-8-17(11-15)28(2,24)25/h4-11,16H,3,12-14H2,1-2H3,(H,21,23). The summed E-state index contributed by atoms with van der Waals surface area (Å²) in [5, 5.41) is 2.75. The number of ether oxygens (including phenoxy) is 2. The van der Waals surface area contributed by atoms with Gasteiger partial charge in [0.1, 0.15) is 12.7 Å². The second kappa shape index (κ2) is 8.62. The van der Waals surface area contributed by atoms with Crippen LogP contribution in [0.3, 0.4) is 0 Å².